The highest BCUT2D eigenvalue weighted by atomic mass is 16.4. The van der Waals surface area contributed by atoms with Crippen LogP contribution in [-0.4, -0.2) is 22.5 Å². The number of aliphatic carboxylic acids is 1. The molecule has 4 heteroatoms. The summed E-state index contributed by atoms with van der Waals surface area (Å²) in [6.45, 7) is 3.02. The number of carboxylic acids is 1. The van der Waals surface area contributed by atoms with Gasteiger partial charge in [-0.2, -0.15) is 0 Å². The first kappa shape index (κ1) is 12.0. The van der Waals surface area contributed by atoms with Gasteiger partial charge in [0.15, 0.2) is 0 Å². The Hall–Kier alpha value is -1.06. The lowest BCUT2D eigenvalue weighted by molar-refractivity contribution is -0.146. The zero-order valence-electron chi connectivity index (χ0n) is 9.38. The van der Waals surface area contributed by atoms with Crippen molar-refractivity contribution in [3.05, 3.63) is 0 Å². The molecule has 0 unspecified atom stereocenters. The van der Waals surface area contributed by atoms with Crippen molar-refractivity contribution in [2.24, 2.45) is 5.92 Å². The molecule has 1 aliphatic carbocycles. The van der Waals surface area contributed by atoms with Gasteiger partial charge in [0.25, 0.3) is 0 Å². The van der Waals surface area contributed by atoms with Crippen molar-refractivity contribution < 1.29 is 14.7 Å². The van der Waals surface area contributed by atoms with Gasteiger partial charge in [0.2, 0.25) is 5.91 Å². The summed E-state index contributed by atoms with van der Waals surface area (Å²) in [5.74, 6) is -1.09. The van der Waals surface area contributed by atoms with E-state index in [4.69, 9.17) is 5.11 Å². The Kier molecular flexibility index (Phi) is 3.72. The molecule has 1 rings (SSSR count). The van der Waals surface area contributed by atoms with E-state index >= 15 is 0 Å². The summed E-state index contributed by atoms with van der Waals surface area (Å²) in [6, 6.07) is 0. The highest BCUT2D eigenvalue weighted by Crippen LogP contribution is 2.24. The number of amides is 1. The van der Waals surface area contributed by atoms with E-state index < -0.39 is 11.5 Å². The minimum Gasteiger partial charge on any atom is -0.480 e. The molecule has 4 nitrogen and oxygen atoms in total. The number of carboxylic acid groups (broad SMARTS) is 1. The fourth-order valence-corrected chi connectivity index (χ4v) is 1.83. The van der Waals surface area contributed by atoms with Gasteiger partial charge in [0.05, 0.1) is 0 Å². The van der Waals surface area contributed by atoms with Gasteiger partial charge in [-0.15, -0.1) is 0 Å². The molecular weight excluding hydrogens is 194 g/mol. The highest BCUT2D eigenvalue weighted by molar-refractivity contribution is 5.87. The van der Waals surface area contributed by atoms with Crippen LogP contribution in [0.1, 0.15) is 46.0 Å². The number of hydrogen-bond donors (Lipinski definition) is 2. The summed E-state index contributed by atoms with van der Waals surface area (Å²) in [5, 5.41) is 11.5. The van der Waals surface area contributed by atoms with Gasteiger partial charge in [-0.25, -0.2) is 4.79 Å². The second kappa shape index (κ2) is 4.64. The molecular formula is C11H19NO3. The molecule has 0 aliphatic heterocycles. The molecule has 0 saturated heterocycles. The molecule has 0 aromatic heterocycles. The zero-order chi connectivity index (χ0) is 11.5. The number of carbonyl (C=O) groups excluding carboxylic acids is 1. The molecule has 2 N–H and O–H groups in total. The Balaban J connectivity index is 2.50. The van der Waals surface area contributed by atoms with E-state index in [2.05, 4.69) is 5.32 Å². The van der Waals surface area contributed by atoms with E-state index in [1.54, 1.807) is 0 Å². The Morgan fingerprint density at radius 1 is 1.20 bits per heavy atom. The maximum absolute atomic E-state index is 11.7. The van der Waals surface area contributed by atoms with Crippen LogP contribution in [-0.2, 0) is 9.59 Å². The van der Waals surface area contributed by atoms with Crippen LogP contribution in [0.3, 0.4) is 0 Å². The van der Waals surface area contributed by atoms with Crippen molar-refractivity contribution in [1.29, 1.82) is 0 Å². The first-order valence-electron chi connectivity index (χ1n) is 5.49. The number of rotatable bonds is 3. The number of carbonyl (C=O) groups is 2. The Bertz CT molecular complexity index is 255. The number of nitrogens with one attached hydrogen (secondary N) is 1. The lowest BCUT2D eigenvalue weighted by atomic mass is 9.88. The van der Waals surface area contributed by atoms with Crippen LogP contribution in [0.15, 0.2) is 0 Å². The second-order valence-electron chi connectivity index (χ2n) is 4.75. The molecule has 0 spiro atoms. The summed E-state index contributed by atoms with van der Waals surface area (Å²) in [6.07, 6.45) is 5.12. The molecule has 1 fully saturated rings. The normalized spacial score (nSPS) is 18.5. The molecule has 0 aromatic rings. The van der Waals surface area contributed by atoms with E-state index in [1.807, 2.05) is 0 Å². The summed E-state index contributed by atoms with van der Waals surface area (Å²) in [7, 11) is 0. The van der Waals surface area contributed by atoms with Crippen molar-refractivity contribution in [2.45, 2.75) is 51.5 Å². The lowest BCUT2D eigenvalue weighted by Gasteiger charge is -2.26. The Morgan fingerprint density at radius 2 is 1.73 bits per heavy atom. The number of hydrogen-bond acceptors (Lipinski definition) is 2. The van der Waals surface area contributed by atoms with Crippen molar-refractivity contribution in [1.82, 2.24) is 5.32 Å². The molecule has 0 aromatic carbocycles. The first-order valence-corrected chi connectivity index (χ1v) is 5.49. The summed E-state index contributed by atoms with van der Waals surface area (Å²) in [5.41, 5.74) is -1.16. The largest absolute Gasteiger partial charge is 0.480 e. The minimum atomic E-state index is -1.16. The molecule has 1 amide bonds. The van der Waals surface area contributed by atoms with E-state index in [1.165, 1.54) is 20.3 Å². The summed E-state index contributed by atoms with van der Waals surface area (Å²) in [4.78, 5) is 22.6. The van der Waals surface area contributed by atoms with Gasteiger partial charge >= 0.3 is 5.97 Å². The van der Waals surface area contributed by atoms with Crippen molar-refractivity contribution in [2.75, 3.05) is 0 Å². The van der Waals surface area contributed by atoms with Gasteiger partial charge in [0.1, 0.15) is 5.54 Å². The van der Waals surface area contributed by atoms with Crippen LogP contribution < -0.4 is 5.32 Å². The third-order valence-corrected chi connectivity index (χ3v) is 2.95. The molecule has 1 saturated carbocycles. The molecule has 0 atom stereocenters. The minimum absolute atomic E-state index is 0.0115. The predicted octanol–water partition coefficient (Wildman–Crippen LogP) is 1.55. The van der Waals surface area contributed by atoms with Gasteiger partial charge in [0, 0.05) is 5.92 Å². The standard InChI is InChI=1S/C11H19NO3/c1-11(2,10(14)15)12-9(13)8-6-4-3-5-7-8/h8H,3-7H2,1-2H3,(H,12,13)(H,14,15). The first-order chi connectivity index (χ1) is 6.93. The summed E-state index contributed by atoms with van der Waals surface area (Å²) < 4.78 is 0. The fourth-order valence-electron chi connectivity index (χ4n) is 1.83. The van der Waals surface area contributed by atoms with Crippen LogP contribution in [0.5, 0.6) is 0 Å². The predicted molar refractivity (Wildman–Crippen MR) is 56.4 cm³/mol. The maximum Gasteiger partial charge on any atom is 0.328 e. The van der Waals surface area contributed by atoms with Crippen molar-refractivity contribution >= 4 is 11.9 Å². The molecule has 86 valence electrons. The van der Waals surface area contributed by atoms with Crippen molar-refractivity contribution in [3.63, 3.8) is 0 Å². The van der Waals surface area contributed by atoms with Crippen LogP contribution in [0, 0.1) is 5.92 Å². The average Bonchev–Trinajstić information content (AvgIpc) is 2.18. The molecule has 0 heterocycles. The van der Waals surface area contributed by atoms with Crippen molar-refractivity contribution in [3.8, 4) is 0 Å². The Labute approximate surface area is 90.0 Å². The molecule has 15 heavy (non-hydrogen) atoms. The van der Waals surface area contributed by atoms with Gasteiger partial charge < -0.3 is 10.4 Å². The molecule has 1 aliphatic rings. The van der Waals surface area contributed by atoms with Gasteiger partial charge in [-0.3, -0.25) is 4.79 Å². The third kappa shape index (κ3) is 3.22. The monoisotopic (exact) mass is 213 g/mol. The van der Waals surface area contributed by atoms with E-state index in [-0.39, 0.29) is 11.8 Å². The third-order valence-electron chi connectivity index (χ3n) is 2.95. The fraction of sp³-hybridized carbons (Fsp3) is 0.818. The Morgan fingerprint density at radius 3 is 2.20 bits per heavy atom. The average molecular weight is 213 g/mol. The molecule has 0 bridgehead atoms. The van der Waals surface area contributed by atoms with Gasteiger partial charge in [-0.1, -0.05) is 19.3 Å². The van der Waals surface area contributed by atoms with Crippen LogP contribution >= 0.6 is 0 Å². The SMILES string of the molecule is CC(C)(NC(=O)C1CCCCC1)C(=O)O. The highest BCUT2D eigenvalue weighted by Gasteiger charge is 2.32. The lowest BCUT2D eigenvalue weighted by Crippen LogP contribution is -2.51. The van der Waals surface area contributed by atoms with E-state index in [0.717, 1.165) is 25.7 Å². The molecule has 0 radical (unpaired) electrons. The zero-order valence-corrected chi connectivity index (χ0v) is 9.38. The van der Waals surface area contributed by atoms with Crippen LogP contribution in [0.2, 0.25) is 0 Å². The second-order valence-corrected chi connectivity index (χ2v) is 4.75. The van der Waals surface area contributed by atoms with E-state index in [0.29, 0.717) is 0 Å². The topological polar surface area (TPSA) is 66.4 Å². The van der Waals surface area contributed by atoms with Crippen LogP contribution in [0.4, 0.5) is 0 Å². The maximum atomic E-state index is 11.7. The van der Waals surface area contributed by atoms with Crippen LogP contribution in [0.25, 0.3) is 0 Å². The smallest absolute Gasteiger partial charge is 0.328 e. The van der Waals surface area contributed by atoms with E-state index in [9.17, 15) is 9.59 Å². The quantitative estimate of drug-likeness (QED) is 0.747. The van der Waals surface area contributed by atoms with Gasteiger partial charge in [-0.05, 0) is 26.7 Å². The summed E-state index contributed by atoms with van der Waals surface area (Å²) >= 11 is 0.